The molecule has 0 aromatic rings. The molecule has 3 fully saturated rings. The third-order valence-corrected chi connectivity index (χ3v) is 2.39. The first-order valence-corrected chi connectivity index (χ1v) is 4.36. The van der Waals surface area contributed by atoms with Gasteiger partial charge in [-0.05, 0) is 0 Å². The van der Waals surface area contributed by atoms with Gasteiger partial charge < -0.3 is 0 Å². The van der Waals surface area contributed by atoms with Gasteiger partial charge in [0, 0.05) is 12.8 Å². The van der Waals surface area contributed by atoms with Gasteiger partial charge >= 0.3 is 11.8 Å². The molecule has 2 unspecified atom stereocenters. The predicted molar refractivity (Wildman–Crippen MR) is 41.8 cm³/mol. The largest absolute Gasteiger partial charge is 0.379 e. The lowest BCUT2D eigenvalue weighted by atomic mass is 10.2. The molecule has 0 aromatic carbocycles. The van der Waals surface area contributed by atoms with Gasteiger partial charge in [-0.1, -0.05) is 0 Å². The van der Waals surface area contributed by atoms with Crippen LogP contribution in [0.5, 0.6) is 0 Å². The maximum Gasteiger partial charge on any atom is 0.379 e. The molecule has 0 aliphatic carbocycles. The zero-order chi connectivity index (χ0) is 10.3. The lowest BCUT2D eigenvalue weighted by Gasteiger charge is -1.96. The molecule has 3 aliphatic heterocycles. The van der Waals surface area contributed by atoms with Crippen LogP contribution in [0.2, 0.25) is 0 Å². The molecule has 3 heterocycles. The summed E-state index contributed by atoms with van der Waals surface area (Å²) in [5.41, 5.74) is 0. The Bertz CT molecular complexity index is 318. The van der Waals surface area contributed by atoms with Crippen molar-refractivity contribution in [3.8, 4) is 0 Å². The standard InChI is InChI=1S/C4H3NO2.C4H5NO2/c6-3-1-2-4(7)5(2)3;6-3-1-2-4(7)5-3/h2H,1H2;1-2H2,(H,5,6,7)/p+1. The van der Waals surface area contributed by atoms with E-state index in [4.69, 9.17) is 0 Å². The van der Waals surface area contributed by atoms with Gasteiger partial charge in [-0.15, -0.1) is 0 Å². The third-order valence-electron chi connectivity index (χ3n) is 2.39. The molecule has 6 nitrogen and oxygen atoms in total. The minimum atomic E-state index is -0.148. The first kappa shape index (κ1) is 9.01. The van der Waals surface area contributed by atoms with Crippen LogP contribution < -0.4 is 10.2 Å². The molecule has 0 bridgehead atoms. The average molecular weight is 197 g/mol. The van der Waals surface area contributed by atoms with E-state index in [0.29, 0.717) is 24.2 Å². The Labute approximate surface area is 79.2 Å². The summed E-state index contributed by atoms with van der Waals surface area (Å²) in [5.74, 6) is -0.116. The van der Waals surface area contributed by atoms with Crippen LogP contribution in [0.1, 0.15) is 19.3 Å². The maximum atomic E-state index is 10.2. The topological polar surface area (TPSA) is 84.8 Å². The van der Waals surface area contributed by atoms with Gasteiger partial charge in [0.25, 0.3) is 0 Å². The van der Waals surface area contributed by atoms with Crippen molar-refractivity contribution >= 4 is 23.6 Å². The van der Waals surface area contributed by atoms with E-state index in [1.54, 1.807) is 0 Å². The van der Waals surface area contributed by atoms with Crippen LogP contribution >= 0.6 is 0 Å². The third kappa shape index (κ3) is 1.44. The molecule has 3 rings (SSSR count). The first-order valence-electron chi connectivity index (χ1n) is 4.36. The van der Waals surface area contributed by atoms with Crippen LogP contribution in [-0.2, 0) is 19.2 Å². The van der Waals surface area contributed by atoms with E-state index in [1.165, 1.54) is 0 Å². The summed E-state index contributed by atoms with van der Waals surface area (Å²) < 4.78 is 0. The Morgan fingerprint density at radius 2 is 1.64 bits per heavy atom. The average Bonchev–Trinajstić information content (AvgIpc) is 2.41. The van der Waals surface area contributed by atoms with Crippen molar-refractivity contribution in [2.24, 2.45) is 0 Å². The zero-order valence-corrected chi connectivity index (χ0v) is 7.33. The maximum absolute atomic E-state index is 10.2. The summed E-state index contributed by atoms with van der Waals surface area (Å²) in [7, 11) is 0. The molecule has 0 saturated carbocycles. The number of fused-ring (bicyclic) bond motifs is 1. The highest BCUT2D eigenvalue weighted by molar-refractivity contribution is 6.03. The van der Waals surface area contributed by atoms with Crippen LogP contribution in [-0.4, -0.2) is 29.7 Å². The number of β-lactam (4-membered cyclic amide) rings is 1. The number of imide groups is 2. The molecule has 3 aliphatic rings. The smallest absolute Gasteiger partial charge is 0.296 e. The zero-order valence-electron chi connectivity index (χ0n) is 7.33. The van der Waals surface area contributed by atoms with Crippen molar-refractivity contribution in [2.75, 3.05) is 0 Å². The highest BCUT2D eigenvalue weighted by Crippen LogP contribution is 2.07. The number of quaternary nitrogens is 1. The number of amides is 4. The minimum Gasteiger partial charge on any atom is -0.296 e. The fraction of sp³-hybridized carbons (Fsp3) is 0.500. The van der Waals surface area contributed by atoms with Crippen molar-refractivity contribution in [3.63, 3.8) is 0 Å². The highest BCUT2D eigenvalue weighted by Gasteiger charge is 2.70. The fourth-order valence-corrected chi connectivity index (χ4v) is 1.44. The van der Waals surface area contributed by atoms with E-state index in [2.05, 4.69) is 5.32 Å². The van der Waals surface area contributed by atoms with Crippen LogP contribution in [0.25, 0.3) is 0 Å². The molecule has 74 valence electrons. The Morgan fingerprint density at radius 1 is 1.07 bits per heavy atom. The van der Waals surface area contributed by atoms with Gasteiger partial charge in [0.15, 0.2) is 0 Å². The number of hydrogen-bond acceptors (Lipinski definition) is 4. The molecule has 6 heteroatoms. The van der Waals surface area contributed by atoms with E-state index < -0.39 is 0 Å². The first-order chi connectivity index (χ1) is 6.59. The second-order valence-corrected chi connectivity index (χ2v) is 3.43. The van der Waals surface area contributed by atoms with Gasteiger partial charge in [0.05, 0.1) is 0 Å². The van der Waals surface area contributed by atoms with Crippen molar-refractivity contribution in [2.45, 2.75) is 25.3 Å². The number of nitrogens with one attached hydrogen (secondary N) is 2. The second-order valence-electron chi connectivity index (χ2n) is 3.43. The molecule has 4 amide bonds. The number of carbonyl (C=O) groups is 4. The van der Waals surface area contributed by atoms with Gasteiger partial charge in [0.1, 0.15) is 6.42 Å². The molecule has 3 saturated heterocycles. The van der Waals surface area contributed by atoms with E-state index in [9.17, 15) is 19.2 Å². The Balaban J connectivity index is 0.000000107. The lowest BCUT2D eigenvalue weighted by molar-refractivity contribution is -0.678. The number of hydrogen-bond donors (Lipinski definition) is 2. The predicted octanol–water partition coefficient (Wildman–Crippen LogP) is -2.87. The molecule has 2 N–H and O–H groups in total. The number of carbonyl (C=O) groups excluding carboxylic acids is 4. The second kappa shape index (κ2) is 2.98. The Hall–Kier alpha value is -1.56. The van der Waals surface area contributed by atoms with Gasteiger partial charge in [0.2, 0.25) is 17.9 Å². The Kier molecular flexibility index (Phi) is 1.92. The molecule has 14 heavy (non-hydrogen) atoms. The van der Waals surface area contributed by atoms with Crippen molar-refractivity contribution < 1.29 is 24.1 Å². The van der Waals surface area contributed by atoms with E-state index in [0.717, 1.165) is 0 Å². The van der Waals surface area contributed by atoms with E-state index in [1.807, 2.05) is 0 Å². The van der Waals surface area contributed by atoms with Crippen molar-refractivity contribution in [1.29, 1.82) is 0 Å². The van der Waals surface area contributed by atoms with Crippen molar-refractivity contribution in [3.05, 3.63) is 0 Å². The molecular weight excluding hydrogens is 188 g/mol. The summed E-state index contributed by atoms with van der Waals surface area (Å²) in [5, 5.41) is 2.14. The van der Waals surface area contributed by atoms with Crippen LogP contribution in [0.4, 0.5) is 0 Å². The van der Waals surface area contributed by atoms with Gasteiger partial charge in [-0.3, -0.25) is 14.9 Å². The Morgan fingerprint density at radius 3 is 1.71 bits per heavy atom. The summed E-state index contributed by atoms with van der Waals surface area (Å²) in [6, 6.07) is 0.104. The normalized spacial score (nSPS) is 32.6. The quantitative estimate of drug-likeness (QED) is 0.248. The van der Waals surface area contributed by atoms with Crippen LogP contribution in [0, 0.1) is 0 Å². The molecule has 2 atom stereocenters. The fourth-order valence-electron chi connectivity index (χ4n) is 1.44. The van der Waals surface area contributed by atoms with E-state index in [-0.39, 0.29) is 29.7 Å². The highest BCUT2D eigenvalue weighted by atomic mass is 16.2. The minimum absolute atomic E-state index is 0.0787. The van der Waals surface area contributed by atoms with Crippen LogP contribution in [0.3, 0.4) is 0 Å². The SMILES string of the molecule is O=C1CC2C(=O)[NH+]12.O=C1CCC(=O)N1. The summed E-state index contributed by atoms with van der Waals surface area (Å²) in [6.07, 6.45) is 1.26. The molecule has 0 radical (unpaired) electrons. The summed E-state index contributed by atoms with van der Waals surface area (Å²) >= 11 is 0. The molecule has 0 spiro atoms. The van der Waals surface area contributed by atoms with Crippen molar-refractivity contribution in [1.82, 2.24) is 5.32 Å². The van der Waals surface area contributed by atoms with E-state index >= 15 is 0 Å². The lowest BCUT2D eigenvalue weighted by Crippen LogP contribution is -3.04. The number of rotatable bonds is 0. The summed E-state index contributed by atoms with van der Waals surface area (Å²) in [4.78, 5) is 41.3. The van der Waals surface area contributed by atoms with Gasteiger partial charge in [-0.25, -0.2) is 9.59 Å². The molecular formula is C8H9N2O4+. The van der Waals surface area contributed by atoms with Crippen LogP contribution in [0.15, 0.2) is 0 Å². The molecule has 0 aromatic heterocycles. The van der Waals surface area contributed by atoms with Gasteiger partial charge in [-0.2, -0.15) is 4.90 Å². The monoisotopic (exact) mass is 197 g/mol. The summed E-state index contributed by atoms with van der Waals surface area (Å²) in [6.45, 7) is 0.